The molecular formula is C30H36O. The summed E-state index contributed by atoms with van der Waals surface area (Å²) in [7, 11) is 0. The van der Waals surface area contributed by atoms with Crippen LogP contribution in [0.3, 0.4) is 0 Å². The molecule has 1 atom stereocenters. The molecule has 162 valence electrons. The lowest BCUT2D eigenvalue weighted by Crippen LogP contribution is -2.06. The van der Waals surface area contributed by atoms with Crippen LogP contribution in [0.15, 0.2) is 5.57 Å². The normalized spacial score (nSPS) is 20.1. The Morgan fingerprint density at radius 1 is 0.677 bits per heavy atom. The summed E-state index contributed by atoms with van der Waals surface area (Å²) in [5, 5.41) is 0. The van der Waals surface area contributed by atoms with Crippen LogP contribution in [0.2, 0.25) is 0 Å². The van der Waals surface area contributed by atoms with Crippen LogP contribution in [0.25, 0.3) is 6.08 Å². The van der Waals surface area contributed by atoms with Gasteiger partial charge in [-0.15, -0.1) is 0 Å². The molecule has 0 spiro atoms. The third kappa shape index (κ3) is 3.07. The molecule has 0 fully saturated rings. The molecule has 0 bridgehead atoms. The molecule has 6 rings (SSSR count). The molecule has 0 aromatic heterocycles. The predicted molar refractivity (Wildman–Crippen MR) is 130 cm³/mol. The van der Waals surface area contributed by atoms with Gasteiger partial charge in [0.2, 0.25) is 0 Å². The average molecular weight is 413 g/mol. The fourth-order valence-corrected chi connectivity index (χ4v) is 6.90. The van der Waals surface area contributed by atoms with Crippen molar-refractivity contribution in [2.24, 2.45) is 5.92 Å². The van der Waals surface area contributed by atoms with Gasteiger partial charge in [-0.2, -0.15) is 0 Å². The minimum absolute atomic E-state index is 0.204. The van der Waals surface area contributed by atoms with Gasteiger partial charge in [-0.25, -0.2) is 0 Å². The quantitative estimate of drug-likeness (QED) is 0.459. The summed E-state index contributed by atoms with van der Waals surface area (Å²) in [6.07, 6.45) is 12.2. The van der Waals surface area contributed by atoms with Crippen LogP contribution in [0, 0.1) is 33.6 Å². The van der Waals surface area contributed by atoms with E-state index in [0.717, 1.165) is 12.0 Å². The molecule has 2 aromatic carbocycles. The summed E-state index contributed by atoms with van der Waals surface area (Å²) >= 11 is 0. The number of hydrogen-bond acceptors (Lipinski definition) is 1. The number of Topliss-reactive ketones (excluding diaryl/α,β-unsaturated/α-hetero) is 1. The zero-order valence-electron chi connectivity index (χ0n) is 20.2. The van der Waals surface area contributed by atoms with Gasteiger partial charge in [0.25, 0.3) is 0 Å². The molecule has 0 saturated carbocycles. The highest BCUT2D eigenvalue weighted by atomic mass is 16.1. The first-order valence-corrected chi connectivity index (χ1v) is 12.3. The molecule has 0 N–H and O–H groups in total. The summed E-state index contributed by atoms with van der Waals surface area (Å²) in [4.78, 5) is 12.2. The van der Waals surface area contributed by atoms with Crippen molar-refractivity contribution in [2.75, 3.05) is 0 Å². The van der Waals surface area contributed by atoms with Gasteiger partial charge in [0.1, 0.15) is 0 Å². The van der Waals surface area contributed by atoms with Crippen LogP contribution in [0.4, 0.5) is 0 Å². The molecule has 0 radical (unpaired) electrons. The minimum Gasteiger partial charge on any atom is -0.294 e. The first-order valence-electron chi connectivity index (χ1n) is 12.3. The first-order chi connectivity index (χ1) is 14.8. The molecule has 0 heterocycles. The fourth-order valence-electron chi connectivity index (χ4n) is 6.90. The van der Waals surface area contributed by atoms with Crippen molar-refractivity contribution in [1.29, 1.82) is 0 Å². The molecule has 4 aliphatic carbocycles. The lowest BCUT2D eigenvalue weighted by Gasteiger charge is -2.14. The predicted octanol–water partition coefficient (Wildman–Crippen LogP) is 6.92. The maximum atomic E-state index is 12.2. The first kappa shape index (κ1) is 20.7. The van der Waals surface area contributed by atoms with Crippen LogP contribution < -0.4 is 0 Å². The number of ketones is 1. The molecule has 4 aliphatic rings. The zero-order chi connectivity index (χ0) is 22.0. The Bertz CT molecular complexity index is 1160. The Morgan fingerprint density at radius 3 is 1.81 bits per heavy atom. The van der Waals surface area contributed by atoms with Crippen molar-refractivity contribution in [3.63, 3.8) is 0 Å². The van der Waals surface area contributed by atoms with E-state index in [-0.39, 0.29) is 5.92 Å². The zero-order valence-corrected chi connectivity index (χ0v) is 20.2. The lowest BCUT2D eigenvalue weighted by atomic mass is 9.90. The van der Waals surface area contributed by atoms with Gasteiger partial charge in [0.05, 0.1) is 0 Å². The third-order valence-electron chi connectivity index (χ3n) is 8.61. The molecule has 31 heavy (non-hydrogen) atoms. The second-order valence-electron chi connectivity index (χ2n) is 10.5. The van der Waals surface area contributed by atoms with Crippen molar-refractivity contribution in [1.82, 2.24) is 0 Å². The van der Waals surface area contributed by atoms with Crippen LogP contribution in [0.5, 0.6) is 0 Å². The van der Waals surface area contributed by atoms with Gasteiger partial charge in [-0.3, -0.25) is 4.79 Å². The van der Waals surface area contributed by atoms with E-state index in [0.29, 0.717) is 5.78 Å². The Labute approximate surface area is 188 Å². The van der Waals surface area contributed by atoms with E-state index >= 15 is 0 Å². The maximum absolute atomic E-state index is 12.2. The van der Waals surface area contributed by atoms with E-state index in [9.17, 15) is 4.79 Å². The number of carbonyl (C=O) groups is 1. The van der Waals surface area contributed by atoms with E-state index in [4.69, 9.17) is 0 Å². The topological polar surface area (TPSA) is 17.1 Å². The number of carbonyl (C=O) groups excluding carboxylic acids is 1. The molecule has 0 aliphatic heterocycles. The van der Waals surface area contributed by atoms with Gasteiger partial charge in [-0.1, -0.05) is 18.6 Å². The second-order valence-corrected chi connectivity index (χ2v) is 10.5. The van der Waals surface area contributed by atoms with Crippen molar-refractivity contribution < 1.29 is 4.79 Å². The molecule has 1 nitrogen and oxygen atoms in total. The van der Waals surface area contributed by atoms with Crippen molar-refractivity contribution in [3.05, 3.63) is 72.3 Å². The highest BCUT2D eigenvalue weighted by Crippen LogP contribution is 2.40. The molecule has 1 unspecified atom stereocenters. The van der Waals surface area contributed by atoms with Crippen LogP contribution in [0.1, 0.15) is 98.2 Å². The molecular weight excluding hydrogens is 376 g/mol. The van der Waals surface area contributed by atoms with Crippen LogP contribution in [-0.2, 0) is 38.5 Å². The summed E-state index contributed by atoms with van der Waals surface area (Å²) in [6.45, 7) is 13.3. The van der Waals surface area contributed by atoms with Crippen LogP contribution >= 0.6 is 0 Å². The van der Waals surface area contributed by atoms with Gasteiger partial charge in [-0.05, 0) is 147 Å². The number of hydrogen-bond donors (Lipinski definition) is 0. The number of rotatable bonds is 0. The molecule has 0 amide bonds. The average Bonchev–Trinajstić information content (AvgIpc) is 3.52. The van der Waals surface area contributed by atoms with Crippen LogP contribution in [-0.4, -0.2) is 5.78 Å². The van der Waals surface area contributed by atoms with Gasteiger partial charge >= 0.3 is 0 Å². The SMILES string of the molecule is CC1=Cc2c(C)c3c(c(C)c2C1)CCC3.Cc1c2c(c(C)c3c1CC(C)C3=O)CCC2. The Balaban J connectivity index is 0.000000132. The van der Waals surface area contributed by atoms with E-state index < -0.39 is 0 Å². The van der Waals surface area contributed by atoms with E-state index in [1.54, 1.807) is 38.9 Å². The van der Waals surface area contributed by atoms with E-state index in [1.165, 1.54) is 72.8 Å². The van der Waals surface area contributed by atoms with Crippen molar-refractivity contribution >= 4 is 11.9 Å². The monoisotopic (exact) mass is 412 g/mol. The Morgan fingerprint density at radius 2 is 1.19 bits per heavy atom. The Kier molecular flexibility index (Phi) is 5.00. The fraction of sp³-hybridized carbons (Fsp3) is 0.500. The standard InChI is InChI=1S/C15H18O.C15H18/c1-8-7-13-9(2)11-5-4-6-12(11)10(3)14(13)15(8)16;1-9-7-14-10(2)12-5-4-6-13(12)11(3)15(14)8-9/h8H,4-7H2,1-3H3;7H,4-6,8H2,1-3H3. The van der Waals surface area contributed by atoms with Gasteiger partial charge < -0.3 is 0 Å². The van der Waals surface area contributed by atoms with E-state index in [1.807, 2.05) is 0 Å². The number of benzene rings is 2. The largest absolute Gasteiger partial charge is 0.294 e. The summed E-state index contributed by atoms with van der Waals surface area (Å²) in [5.41, 5.74) is 19.4. The van der Waals surface area contributed by atoms with E-state index in [2.05, 4.69) is 47.6 Å². The molecule has 2 aromatic rings. The van der Waals surface area contributed by atoms with Gasteiger partial charge in [0.15, 0.2) is 5.78 Å². The molecule has 0 saturated heterocycles. The second kappa shape index (κ2) is 7.47. The smallest absolute Gasteiger partial charge is 0.166 e. The summed E-state index contributed by atoms with van der Waals surface area (Å²) in [5.74, 6) is 0.584. The minimum atomic E-state index is 0.204. The summed E-state index contributed by atoms with van der Waals surface area (Å²) in [6, 6.07) is 0. The highest BCUT2D eigenvalue weighted by Gasteiger charge is 2.33. The number of allylic oxidation sites excluding steroid dienone is 1. The molecule has 1 heteroatoms. The van der Waals surface area contributed by atoms with Crippen molar-refractivity contribution in [3.8, 4) is 0 Å². The maximum Gasteiger partial charge on any atom is 0.166 e. The van der Waals surface area contributed by atoms with Crippen molar-refractivity contribution in [2.45, 2.75) is 92.9 Å². The van der Waals surface area contributed by atoms with Gasteiger partial charge in [0, 0.05) is 11.5 Å². The lowest BCUT2D eigenvalue weighted by molar-refractivity contribution is 0.0945. The summed E-state index contributed by atoms with van der Waals surface area (Å²) < 4.78 is 0. The third-order valence-corrected chi connectivity index (χ3v) is 8.61. The number of fused-ring (bicyclic) bond motifs is 4. The highest BCUT2D eigenvalue weighted by molar-refractivity contribution is 6.04. The Hall–Kier alpha value is -2.15.